The number of thiazole rings is 1. The second kappa shape index (κ2) is 7.37. The first-order chi connectivity index (χ1) is 11.7. The highest BCUT2D eigenvalue weighted by molar-refractivity contribution is 7.80. The van der Waals surface area contributed by atoms with Gasteiger partial charge in [-0.3, -0.25) is 10.1 Å². The summed E-state index contributed by atoms with van der Waals surface area (Å²) in [5.41, 5.74) is 1.40. The van der Waals surface area contributed by atoms with Crippen LogP contribution in [0, 0.1) is 0 Å². The normalized spacial score (nSPS) is 10.4. The summed E-state index contributed by atoms with van der Waals surface area (Å²) in [4.78, 5) is 16.6. The summed E-state index contributed by atoms with van der Waals surface area (Å²) in [5.74, 6) is 0.445. The van der Waals surface area contributed by atoms with Crippen molar-refractivity contribution in [2.75, 3.05) is 11.9 Å². The molecule has 0 fully saturated rings. The van der Waals surface area contributed by atoms with E-state index in [2.05, 4.69) is 15.6 Å². The SMILES string of the molecule is CCOc1ccc(C(=O)NC(=S)Nc2nc3ccccc3s2)cc1. The smallest absolute Gasteiger partial charge is 0.257 e. The highest BCUT2D eigenvalue weighted by atomic mass is 32.1. The van der Waals surface area contributed by atoms with Crippen LogP contribution in [0.1, 0.15) is 17.3 Å². The number of nitrogens with zero attached hydrogens (tertiary/aromatic N) is 1. The fraction of sp³-hybridized carbons (Fsp3) is 0.118. The topological polar surface area (TPSA) is 63.2 Å². The predicted octanol–water partition coefficient (Wildman–Crippen LogP) is 3.82. The first-order valence-electron chi connectivity index (χ1n) is 7.36. The summed E-state index contributed by atoms with van der Waals surface area (Å²) in [6.07, 6.45) is 0. The number of hydrogen-bond acceptors (Lipinski definition) is 5. The molecule has 0 aliphatic rings. The summed E-state index contributed by atoms with van der Waals surface area (Å²) in [6.45, 7) is 2.49. The van der Waals surface area contributed by atoms with Crippen molar-refractivity contribution in [2.24, 2.45) is 0 Å². The van der Waals surface area contributed by atoms with Gasteiger partial charge >= 0.3 is 0 Å². The van der Waals surface area contributed by atoms with Gasteiger partial charge < -0.3 is 10.1 Å². The van der Waals surface area contributed by atoms with Crippen LogP contribution in [-0.2, 0) is 0 Å². The molecule has 0 radical (unpaired) electrons. The molecule has 0 spiro atoms. The number of para-hydroxylation sites is 1. The van der Waals surface area contributed by atoms with Gasteiger partial charge in [0.2, 0.25) is 0 Å². The van der Waals surface area contributed by atoms with Gasteiger partial charge in [0.25, 0.3) is 5.91 Å². The molecule has 2 aromatic carbocycles. The van der Waals surface area contributed by atoms with Crippen LogP contribution in [0.15, 0.2) is 48.5 Å². The number of ether oxygens (including phenoxy) is 1. The van der Waals surface area contributed by atoms with Gasteiger partial charge in [0.1, 0.15) is 5.75 Å². The van der Waals surface area contributed by atoms with E-state index >= 15 is 0 Å². The predicted molar refractivity (Wildman–Crippen MR) is 101 cm³/mol. The van der Waals surface area contributed by atoms with Gasteiger partial charge in [-0.15, -0.1) is 0 Å². The minimum Gasteiger partial charge on any atom is -0.494 e. The average Bonchev–Trinajstić information content (AvgIpc) is 2.97. The van der Waals surface area contributed by atoms with Gasteiger partial charge in [-0.1, -0.05) is 23.5 Å². The Kier molecular flexibility index (Phi) is 5.02. The molecule has 7 heteroatoms. The number of carbonyl (C=O) groups is 1. The Morgan fingerprint density at radius 2 is 1.96 bits per heavy atom. The first kappa shape index (κ1) is 16.4. The van der Waals surface area contributed by atoms with Crippen LogP contribution in [-0.4, -0.2) is 22.6 Å². The van der Waals surface area contributed by atoms with Crippen LogP contribution in [0.3, 0.4) is 0 Å². The van der Waals surface area contributed by atoms with Gasteiger partial charge in [-0.05, 0) is 55.5 Å². The summed E-state index contributed by atoms with van der Waals surface area (Å²) in [5, 5.41) is 6.46. The fourth-order valence-corrected chi connectivity index (χ4v) is 3.22. The Labute approximate surface area is 148 Å². The average molecular weight is 357 g/mol. The van der Waals surface area contributed by atoms with Crippen LogP contribution in [0.25, 0.3) is 10.2 Å². The lowest BCUT2D eigenvalue weighted by Crippen LogP contribution is -2.34. The zero-order chi connectivity index (χ0) is 16.9. The highest BCUT2D eigenvalue weighted by Gasteiger charge is 2.10. The monoisotopic (exact) mass is 357 g/mol. The maximum Gasteiger partial charge on any atom is 0.257 e. The molecule has 3 rings (SSSR count). The Bertz CT molecular complexity index is 842. The van der Waals surface area contributed by atoms with Crippen LogP contribution < -0.4 is 15.4 Å². The molecule has 1 amide bonds. The third kappa shape index (κ3) is 3.87. The molecule has 0 atom stereocenters. The van der Waals surface area contributed by atoms with E-state index in [9.17, 15) is 4.79 Å². The minimum atomic E-state index is -0.281. The number of anilines is 1. The second-order valence-electron chi connectivity index (χ2n) is 4.85. The Morgan fingerprint density at radius 1 is 1.21 bits per heavy atom. The van der Waals surface area contributed by atoms with E-state index in [1.807, 2.05) is 31.2 Å². The second-order valence-corrected chi connectivity index (χ2v) is 6.29. The minimum absolute atomic E-state index is 0.216. The van der Waals surface area contributed by atoms with E-state index in [0.717, 1.165) is 16.0 Å². The molecule has 1 aromatic heterocycles. The number of fused-ring (bicyclic) bond motifs is 1. The maximum absolute atomic E-state index is 12.2. The molecule has 0 aliphatic heterocycles. The Morgan fingerprint density at radius 3 is 2.67 bits per heavy atom. The molecule has 1 heterocycles. The van der Waals surface area contributed by atoms with Crippen LogP contribution >= 0.6 is 23.6 Å². The Balaban J connectivity index is 1.62. The number of carbonyl (C=O) groups excluding carboxylic acids is 1. The number of benzene rings is 2. The van der Waals surface area contributed by atoms with Crippen LogP contribution in [0.5, 0.6) is 5.75 Å². The molecular formula is C17H15N3O2S2. The molecule has 5 nitrogen and oxygen atoms in total. The van der Waals surface area contributed by atoms with Gasteiger partial charge in [-0.25, -0.2) is 4.98 Å². The summed E-state index contributed by atoms with van der Waals surface area (Å²) < 4.78 is 6.41. The van der Waals surface area contributed by atoms with Crippen molar-refractivity contribution < 1.29 is 9.53 Å². The molecule has 24 heavy (non-hydrogen) atoms. The molecular weight excluding hydrogens is 342 g/mol. The van der Waals surface area contributed by atoms with E-state index in [0.29, 0.717) is 17.3 Å². The zero-order valence-corrected chi connectivity index (χ0v) is 14.5. The number of amides is 1. The van der Waals surface area contributed by atoms with E-state index in [1.165, 1.54) is 11.3 Å². The van der Waals surface area contributed by atoms with Crippen molar-refractivity contribution in [3.63, 3.8) is 0 Å². The largest absolute Gasteiger partial charge is 0.494 e. The lowest BCUT2D eigenvalue weighted by Gasteiger charge is -2.08. The number of aromatic nitrogens is 1. The molecule has 0 unspecified atom stereocenters. The van der Waals surface area contributed by atoms with Crippen molar-refractivity contribution in [2.45, 2.75) is 6.92 Å². The van der Waals surface area contributed by atoms with Crippen molar-refractivity contribution in [3.05, 3.63) is 54.1 Å². The number of nitrogens with one attached hydrogen (secondary N) is 2. The van der Waals surface area contributed by atoms with E-state index in [1.54, 1.807) is 24.3 Å². The zero-order valence-electron chi connectivity index (χ0n) is 12.9. The third-order valence-electron chi connectivity index (χ3n) is 3.17. The van der Waals surface area contributed by atoms with Crippen molar-refractivity contribution in [1.82, 2.24) is 10.3 Å². The number of thiocarbonyl (C=S) groups is 1. The fourth-order valence-electron chi connectivity index (χ4n) is 2.10. The van der Waals surface area contributed by atoms with Gasteiger partial charge in [0, 0.05) is 5.56 Å². The number of hydrogen-bond donors (Lipinski definition) is 2. The Hall–Kier alpha value is -2.51. The van der Waals surface area contributed by atoms with Gasteiger partial charge in [-0.2, -0.15) is 0 Å². The summed E-state index contributed by atoms with van der Waals surface area (Å²) in [6, 6.07) is 14.7. The van der Waals surface area contributed by atoms with Gasteiger partial charge in [0.05, 0.1) is 16.8 Å². The lowest BCUT2D eigenvalue weighted by atomic mass is 10.2. The summed E-state index contributed by atoms with van der Waals surface area (Å²) >= 11 is 6.66. The molecule has 0 bridgehead atoms. The van der Waals surface area contributed by atoms with Crippen LogP contribution in [0.4, 0.5) is 5.13 Å². The van der Waals surface area contributed by atoms with E-state index in [4.69, 9.17) is 17.0 Å². The third-order valence-corrected chi connectivity index (χ3v) is 4.32. The lowest BCUT2D eigenvalue weighted by molar-refractivity contribution is 0.0977. The quantitative estimate of drug-likeness (QED) is 0.695. The number of rotatable bonds is 4. The van der Waals surface area contributed by atoms with Crippen molar-refractivity contribution >= 4 is 49.9 Å². The van der Waals surface area contributed by atoms with E-state index < -0.39 is 0 Å². The molecule has 0 aliphatic carbocycles. The molecule has 0 saturated carbocycles. The molecule has 3 aromatic rings. The molecule has 2 N–H and O–H groups in total. The van der Waals surface area contributed by atoms with Crippen molar-refractivity contribution in [3.8, 4) is 5.75 Å². The standard InChI is InChI=1S/C17H15N3O2S2/c1-2-22-12-9-7-11(8-10-12)15(21)19-16(23)20-17-18-13-5-3-4-6-14(13)24-17/h3-10H,2H2,1H3,(H2,18,19,20,21,23). The maximum atomic E-state index is 12.2. The summed E-state index contributed by atoms with van der Waals surface area (Å²) in [7, 11) is 0. The van der Waals surface area contributed by atoms with Gasteiger partial charge in [0.15, 0.2) is 10.2 Å². The molecule has 122 valence electrons. The molecule has 0 saturated heterocycles. The highest BCUT2D eigenvalue weighted by Crippen LogP contribution is 2.25. The van der Waals surface area contributed by atoms with Crippen molar-refractivity contribution in [1.29, 1.82) is 0 Å². The first-order valence-corrected chi connectivity index (χ1v) is 8.59. The van der Waals surface area contributed by atoms with E-state index in [-0.39, 0.29) is 11.0 Å². The van der Waals surface area contributed by atoms with Crippen LogP contribution in [0.2, 0.25) is 0 Å².